The predicted molar refractivity (Wildman–Crippen MR) is 57.6 cm³/mol. The molecule has 0 fully saturated rings. The second kappa shape index (κ2) is 4.11. The lowest BCUT2D eigenvalue weighted by atomic mass is 10.1. The number of benzene rings is 1. The molecule has 0 saturated heterocycles. The molecular weight excluding hydrogens is 302 g/mol. The van der Waals surface area contributed by atoms with E-state index in [0.29, 0.717) is 15.7 Å². The summed E-state index contributed by atoms with van der Waals surface area (Å²) in [5, 5.41) is 8.59. The van der Waals surface area contributed by atoms with Crippen LogP contribution in [0.5, 0.6) is 0 Å². The molecule has 0 spiro atoms. The van der Waals surface area contributed by atoms with Crippen molar-refractivity contribution < 1.29 is 9.90 Å². The van der Waals surface area contributed by atoms with Crippen molar-refractivity contribution in [1.29, 1.82) is 0 Å². The predicted octanol–water partition coefficient (Wildman–Crippen LogP) is 2.42. The Morgan fingerprint density at radius 1 is 1.46 bits per heavy atom. The zero-order valence-corrected chi connectivity index (χ0v) is 9.72. The summed E-state index contributed by atoms with van der Waals surface area (Å²) in [5.41, 5.74) is 6.75. The first-order valence-corrected chi connectivity index (χ1v) is 5.04. The molecule has 13 heavy (non-hydrogen) atoms. The number of carboxylic acid groups (broad SMARTS) is 1. The van der Waals surface area contributed by atoms with Gasteiger partial charge in [0.1, 0.15) is 0 Å². The first-order valence-electron chi connectivity index (χ1n) is 3.46. The summed E-state index contributed by atoms with van der Waals surface area (Å²) < 4.78 is 1.52. The Labute approximate surface area is 92.2 Å². The largest absolute Gasteiger partial charge is 0.481 e. The molecule has 0 aliphatic heterocycles. The van der Waals surface area contributed by atoms with Gasteiger partial charge in [-0.25, -0.2) is 0 Å². The normalized spacial score (nSPS) is 10.0. The molecule has 0 bridgehead atoms. The van der Waals surface area contributed by atoms with Crippen LogP contribution in [0, 0.1) is 0 Å². The molecule has 0 unspecified atom stereocenters. The topological polar surface area (TPSA) is 63.3 Å². The van der Waals surface area contributed by atoms with E-state index in [4.69, 9.17) is 10.8 Å². The standard InChI is InChI=1S/C8H7Br2NO2/c9-5-1-4(2-7(12)13)8(11)6(10)3-5/h1,3H,2,11H2,(H,12,13). The molecule has 0 heterocycles. The summed E-state index contributed by atoms with van der Waals surface area (Å²) in [7, 11) is 0. The van der Waals surface area contributed by atoms with Crippen LogP contribution in [-0.4, -0.2) is 11.1 Å². The number of aliphatic carboxylic acids is 1. The van der Waals surface area contributed by atoms with Crippen LogP contribution in [0.2, 0.25) is 0 Å². The maximum absolute atomic E-state index is 10.5. The summed E-state index contributed by atoms with van der Waals surface area (Å²) >= 11 is 6.50. The van der Waals surface area contributed by atoms with E-state index >= 15 is 0 Å². The first kappa shape index (κ1) is 10.5. The fourth-order valence-electron chi connectivity index (χ4n) is 0.947. The molecule has 5 heteroatoms. The maximum atomic E-state index is 10.5. The zero-order valence-electron chi connectivity index (χ0n) is 6.55. The van der Waals surface area contributed by atoms with Crippen molar-refractivity contribution in [3.63, 3.8) is 0 Å². The first-order chi connectivity index (χ1) is 6.00. The van der Waals surface area contributed by atoms with Gasteiger partial charge in [-0.3, -0.25) is 4.79 Å². The highest BCUT2D eigenvalue weighted by Gasteiger charge is 2.08. The van der Waals surface area contributed by atoms with E-state index in [-0.39, 0.29) is 6.42 Å². The quantitative estimate of drug-likeness (QED) is 0.825. The average molecular weight is 309 g/mol. The van der Waals surface area contributed by atoms with E-state index in [1.165, 1.54) is 0 Å². The van der Waals surface area contributed by atoms with Gasteiger partial charge in [0.05, 0.1) is 6.42 Å². The third kappa shape index (κ3) is 2.70. The molecule has 1 rings (SSSR count). The summed E-state index contributed by atoms with van der Waals surface area (Å²) in [6.45, 7) is 0. The number of hydrogen-bond acceptors (Lipinski definition) is 2. The molecule has 0 aliphatic rings. The molecule has 3 N–H and O–H groups in total. The molecule has 0 aliphatic carbocycles. The number of nitrogens with two attached hydrogens (primary N) is 1. The van der Waals surface area contributed by atoms with Crippen molar-refractivity contribution in [2.45, 2.75) is 6.42 Å². The Bertz CT molecular complexity index is 352. The van der Waals surface area contributed by atoms with Crippen LogP contribution >= 0.6 is 31.9 Å². The monoisotopic (exact) mass is 307 g/mol. The van der Waals surface area contributed by atoms with Gasteiger partial charge in [-0.1, -0.05) is 15.9 Å². The number of rotatable bonds is 2. The molecule has 1 aromatic carbocycles. The molecule has 3 nitrogen and oxygen atoms in total. The minimum atomic E-state index is -0.892. The van der Waals surface area contributed by atoms with E-state index in [9.17, 15) is 4.79 Å². The summed E-state index contributed by atoms with van der Waals surface area (Å²) in [6.07, 6.45) is -0.0656. The lowest BCUT2D eigenvalue weighted by Gasteiger charge is -2.05. The Morgan fingerprint density at radius 3 is 2.62 bits per heavy atom. The summed E-state index contributed by atoms with van der Waals surface area (Å²) in [5.74, 6) is -0.892. The fraction of sp³-hybridized carbons (Fsp3) is 0.125. The average Bonchev–Trinajstić information content (AvgIpc) is 1.98. The van der Waals surface area contributed by atoms with E-state index < -0.39 is 5.97 Å². The van der Waals surface area contributed by atoms with Gasteiger partial charge in [-0.15, -0.1) is 0 Å². The van der Waals surface area contributed by atoms with Gasteiger partial charge in [0.15, 0.2) is 0 Å². The maximum Gasteiger partial charge on any atom is 0.307 e. The van der Waals surface area contributed by atoms with Gasteiger partial charge in [0.25, 0.3) is 0 Å². The third-order valence-corrected chi connectivity index (χ3v) is 2.64. The molecule has 0 saturated carbocycles. The van der Waals surface area contributed by atoms with Crippen LogP contribution in [0.3, 0.4) is 0 Å². The number of halogens is 2. The van der Waals surface area contributed by atoms with E-state index in [1.807, 2.05) is 0 Å². The van der Waals surface area contributed by atoms with Crippen LogP contribution in [0.1, 0.15) is 5.56 Å². The van der Waals surface area contributed by atoms with Gasteiger partial charge in [0.2, 0.25) is 0 Å². The Balaban J connectivity index is 3.12. The van der Waals surface area contributed by atoms with Crippen molar-refractivity contribution >= 4 is 43.5 Å². The van der Waals surface area contributed by atoms with Crippen molar-refractivity contribution in [2.75, 3.05) is 5.73 Å². The van der Waals surface area contributed by atoms with Crippen molar-refractivity contribution in [2.24, 2.45) is 0 Å². The summed E-state index contributed by atoms with van der Waals surface area (Å²) in [6, 6.07) is 3.48. The smallest absolute Gasteiger partial charge is 0.307 e. The second-order valence-electron chi connectivity index (χ2n) is 2.53. The number of nitrogen functional groups attached to an aromatic ring is 1. The lowest BCUT2D eigenvalue weighted by molar-refractivity contribution is -0.136. The highest BCUT2D eigenvalue weighted by molar-refractivity contribution is 9.11. The molecule has 0 amide bonds. The van der Waals surface area contributed by atoms with Crippen LogP contribution in [0.25, 0.3) is 0 Å². The number of carboxylic acids is 1. The molecule has 70 valence electrons. The Morgan fingerprint density at radius 2 is 2.08 bits per heavy atom. The minimum Gasteiger partial charge on any atom is -0.481 e. The number of hydrogen-bond donors (Lipinski definition) is 2. The van der Waals surface area contributed by atoms with E-state index in [2.05, 4.69) is 31.9 Å². The molecule has 0 radical (unpaired) electrons. The van der Waals surface area contributed by atoms with Crippen molar-refractivity contribution in [1.82, 2.24) is 0 Å². The fourth-order valence-corrected chi connectivity index (χ4v) is 2.26. The highest BCUT2D eigenvalue weighted by Crippen LogP contribution is 2.28. The summed E-state index contributed by atoms with van der Waals surface area (Å²) in [4.78, 5) is 10.5. The highest BCUT2D eigenvalue weighted by atomic mass is 79.9. The molecular formula is C8H7Br2NO2. The molecule has 0 aromatic heterocycles. The SMILES string of the molecule is Nc1c(Br)cc(Br)cc1CC(=O)O. The van der Waals surface area contributed by atoms with Gasteiger partial charge in [-0.05, 0) is 33.6 Å². The third-order valence-electron chi connectivity index (χ3n) is 1.52. The molecule has 1 aromatic rings. The van der Waals surface area contributed by atoms with Gasteiger partial charge in [0, 0.05) is 14.6 Å². The number of anilines is 1. The van der Waals surface area contributed by atoms with Crippen LogP contribution in [-0.2, 0) is 11.2 Å². The van der Waals surface area contributed by atoms with Gasteiger partial charge in [-0.2, -0.15) is 0 Å². The van der Waals surface area contributed by atoms with Gasteiger partial charge < -0.3 is 10.8 Å². The van der Waals surface area contributed by atoms with Crippen LogP contribution in [0.15, 0.2) is 21.1 Å². The van der Waals surface area contributed by atoms with Gasteiger partial charge >= 0.3 is 5.97 Å². The Kier molecular flexibility index (Phi) is 3.33. The minimum absolute atomic E-state index is 0.0656. The van der Waals surface area contributed by atoms with Crippen LogP contribution < -0.4 is 5.73 Å². The molecule has 0 atom stereocenters. The lowest BCUT2D eigenvalue weighted by Crippen LogP contribution is -2.04. The van der Waals surface area contributed by atoms with E-state index in [0.717, 1.165) is 4.47 Å². The van der Waals surface area contributed by atoms with Crippen molar-refractivity contribution in [3.8, 4) is 0 Å². The zero-order chi connectivity index (χ0) is 10.0. The second-order valence-corrected chi connectivity index (χ2v) is 4.30. The van der Waals surface area contributed by atoms with E-state index in [1.54, 1.807) is 12.1 Å². The van der Waals surface area contributed by atoms with Crippen molar-refractivity contribution in [3.05, 3.63) is 26.6 Å². The Hall–Kier alpha value is -0.550. The van der Waals surface area contributed by atoms with Crippen LogP contribution in [0.4, 0.5) is 5.69 Å². The number of carbonyl (C=O) groups is 1.